The van der Waals surface area contributed by atoms with E-state index in [1.807, 2.05) is 36.4 Å². The molecule has 0 aromatic carbocycles. The Kier molecular flexibility index (Phi) is 6.85. The summed E-state index contributed by atoms with van der Waals surface area (Å²) in [5, 5.41) is 0. The minimum atomic E-state index is -0.514. The number of aromatic nitrogens is 2. The number of ether oxygens (including phenoxy) is 1. The van der Waals surface area contributed by atoms with Crippen LogP contribution in [0.5, 0.6) is 0 Å². The number of carbonyl (C=O) groups excluding carboxylic acids is 1. The summed E-state index contributed by atoms with van der Waals surface area (Å²) in [6.07, 6.45) is 6.72. The number of carbonyl (C=O) groups is 1. The molecule has 0 saturated heterocycles. The summed E-state index contributed by atoms with van der Waals surface area (Å²) in [5.74, 6) is 1.88. The second-order valence-electron chi connectivity index (χ2n) is 3.41. The molecule has 2 aromatic rings. The van der Waals surface area contributed by atoms with E-state index in [0.29, 0.717) is 0 Å². The summed E-state index contributed by atoms with van der Waals surface area (Å²) in [5.41, 5.74) is 1.83. The third-order valence-electron chi connectivity index (χ3n) is 2.01. The second-order valence-corrected chi connectivity index (χ2v) is 3.41. The first-order chi connectivity index (χ1) is 9.77. The number of pyridine rings is 2. The van der Waals surface area contributed by atoms with Crippen LogP contribution < -0.4 is 0 Å². The summed E-state index contributed by atoms with van der Waals surface area (Å²) < 4.78 is 4.22. The highest BCUT2D eigenvalue weighted by atomic mass is 16.5. The molecule has 0 aliphatic carbocycles. The van der Waals surface area contributed by atoms with E-state index in [2.05, 4.69) is 33.3 Å². The van der Waals surface area contributed by atoms with Gasteiger partial charge >= 0.3 is 5.97 Å². The molecule has 0 unspecified atom stereocenters. The first kappa shape index (κ1) is 15.1. The molecule has 0 atom stereocenters. The Bertz CT molecular complexity index is 561. The Morgan fingerprint density at radius 2 is 1.70 bits per heavy atom. The average Bonchev–Trinajstić information content (AvgIpc) is 2.55. The molecule has 0 N–H and O–H groups in total. The van der Waals surface area contributed by atoms with Gasteiger partial charge in [-0.25, -0.2) is 4.79 Å². The molecule has 0 fully saturated rings. The monoisotopic (exact) mass is 266 g/mol. The zero-order valence-electron chi connectivity index (χ0n) is 11.1. The van der Waals surface area contributed by atoms with E-state index in [9.17, 15) is 4.79 Å². The van der Waals surface area contributed by atoms with Gasteiger partial charge in [0.2, 0.25) is 0 Å². The third kappa shape index (κ3) is 5.61. The van der Waals surface area contributed by atoms with E-state index in [1.165, 1.54) is 0 Å². The van der Waals surface area contributed by atoms with E-state index in [1.54, 1.807) is 19.3 Å². The van der Waals surface area contributed by atoms with Crippen molar-refractivity contribution in [3.63, 3.8) is 0 Å². The molecule has 0 saturated carbocycles. The van der Waals surface area contributed by atoms with Gasteiger partial charge in [0.05, 0.1) is 11.4 Å². The van der Waals surface area contributed by atoms with Gasteiger partial charge in [0, 0.05) is 25.4 Å². The highest BCUT2D eigenvalue weighted by molar-refractivity contribution is 5.82. The smallest absolute Gasteiger partial charge is 0.344 e. The molecule has 0 bridgehead atoms. The van der Waals surface area contributed by atoms with Crippen LogP contribution in [-0.2, 0) is 9.53 Å². The van der Waals surface area contributed by atoms with Crippen molar-refractivity contribution in [3.05, 3.63) is 61.4 Å². The third-order valence-corrected chi connectivity index (χ3v) is 2.01. The maximum Gasteiger partial charge on any atom is 0.344 e. The molecule has 4 heteroatoms. The number of esters is 1. The Labute approximate surface area is 118 Å². The molecule has 2 aromatic heterocycles. The lowest BCUT2D eigenvalue weighted by Gasteiger charge is -1.96. The number of nitrogens with zero attached hydrogens (tertiary/aromatic N) is 2. The van der Waals surface area contributed by atoms with Crippen molar-refractivity contribution in [3.8, 4) is 23.4 Å². The van der Waals surface area contributed by atoms with E-state index in [0.717, 1.165) is 17.5 Å². The first-order valence-electron chi connectivity index (χ1n) is 5.85. The molecular weight excluding hydrogens is 252 g/mol. The lowest BCUT2D eigenvalue weighted by molar-refractivity contribution is -0.131. The van der Waals surface area contributed by atoms with Gasteiger partial charge in [0.1, 0.15) is 6.11 Å². The van der Waals surface area contributed by atoms with Crippen molar-refractivity contribution < 1.29 is 9.53 Å². The van der Waals surface area contributed by atoms with Crippen LogP contribution in [0.1, 0.15) is 6.92 Å². The summed E-state index contributed by atoms with van der Waals surface area (Å²) in [6, 6.07) is 11.6. The molecule has 0 spiro atoms. The fourth-order valence-electron chi connectivity index (χ4n) is 1.17. The van der Waals surface area contributed by atoms with Gasteiger partial charge in [-0.1, -0.05) is 24.6 Å². The molecule has 0 radical (unpaired) electrons. The van der Waals surface area contributed by atoms with Crippen LogP contribution in [0.25, 0.3) is 11.4 Å². The molecule has 0 aliphatic heterocycles. The largest absolute Gasteiger partial charge is 0.369 e. The van der Waals surface area contributed by atoms with E-state index < -0.39 is 5.97 Å². The van der Waals surface area contributed by atoms with Crippen molar-refractivity contribution in [2.45, 2.75) is 6.92 Å². The second kappa shape index (κ2) is 9.06. The van der Waals surface area contributed by atoms with Gasteiger partial charge in [-0.05, 0) is 24.3 Å². The highest BCUT2D eigenvalue weighted by Crippen LogP contribution is 2.10. The first-order valence-corrected chi connectivity index (χ1v) is 5.85. The maximum absolute atomic E-state index is 10.1. The molecule has 20 heavy (non-hydrogen) atoms. The van der Waals surface area contributed by atoms with Gasteiger partial charge < -0.3 is 4.74 Å². The zero-order chi connectivity index (χ0) is 14.6. The molecule has 0 amide bonds. The topological polar surface area (TPSA) is 52.1 Å². The van der Waals surface area contributed by atoms with E-state index >= 15 is 0 Å². The Balaban J connectivity index is 0.000000221. The van der Waals surface area contributed by atoms with Crippen LogP contribution in [0.15, 0.2) is 61.4 Å². The quantitative estimate of drug-likeness (QED) is 0.476. The maximum atomic E-state index is 10.1. The predicted octanol–water partition coefficient (Wildman–Crippen LogP) is 2.84. The minimum absolute atomic E-state index is 0.514. The summed E-state index contributed by atoms with van der Waals surface area (Å²) in [4.78, 5) is 18.5. The SMILES string of the molecule is C=CC(=O)OC#CC.c1ccc(-c2ccccn2)nc1. The lowest BCUT2D eigenvalue weighted by Crippen LogP contribution is -1.91. The molecular formula is C16H14N2O2. The van der Waals surface area contributed by atoms with E-state index in [4.69, 9.17) is 0 Å². The van der Waals surface area contributed by atoms with Crippen molar-refractivity contribution in [2.24, 2.45) is 0 Å². The van der Waals surface area contributed by atoms with Gasteiger partial charge in [0.15, 0.2) is 0 Å². The van der Waals surface area contributed by atoms with E-state index in [-0.39, 0.29) is 0 Å². The Morgan fingerprint density at radius 3 is 2.05 bits per heavy atom. The number of hydrogen-bond acceptors (Lipinski definition) is 4. The molecule has 2 heterocycles. The van der Waals surface area contributed by atoms with Crippen LogP contribution in [0, 0.1) is 12.0 Å². The fourth-order valence-corrected chi connectivity index (χ4v) is 1.17. The van der Waals surface area contributed by atoms with Crippen LogP contribution in [0.4, 0.5) is 0 Å². The van der Waals surface area contributed by atoms with Gasteiger partial charge in [-0.15, -0.1) is 0 Å². The fraction of sp³-hybridized carbons (Fsp3) is 0.0625. The minimum Gasteiger partial charge on any atom is -0.369 e. The van der Waals surface area contributed by atoms with Gasteiger partial charge in [0.25, 0.3) is 0 Å². The van der Waals surface area contributed by atoms with Crippen molar-refractivity contribution in [1.82, 2.24) is 9.97 Å². The molecule has 4 nitrogen and oxygen atoms in total. The average molecular weight is 266 g/mol. The highest BCUT2D eigenvalue weighted by Gasteiger charge is 1.95. The van der Waals surface area contributed by atoms with Crippen LogP contribution in [0.3, 0.4) is 0 Å². The standard InChI is InChI=1S/C10H8N2.C6H6O2/c1-3-7-11-9(5-1)10-6-2-4-8-12-10;1-3-5-8-6(7)4-2/h1-8H;4H,2H2,1H3. The van der Waals surface area contributed by atoms with Crippen LogP contribution in [-0.4, -0.2) is 15.9 Å². The van der Waals surface area contributed by atoms with Crippen LogP contribution in [0.2, 0.25) is 0 Å². The van der Waals surface area contributed by atoms with Crippen molar-refractivity contribution >= 4 is 5.97 Å². The number of rotatable bonds is 2. The molecule has 2 rings (SSSR count). The van der Waals surface area contributed by atoms with Crippen molar-refractivity contribution in [1.29, 1.82) is 0 Å². The number of hydrogen-bond donors (Lipinski definition) is 0. The summed E-state index contributed by atoms with van der Waals surface area (Å²) in [6.45, 7) is 4.75. The predicted molar refractivity (Wildman–Crippen MR) is 77.2 cm³/mol. The molecule has 0 aliphatic rings. The molecule has 100 valence electrons. The normalized spacial score (nSPS) is 8.25. The van der Waals surface area contributed by atoms with Gasteiger partial charge in [-0.2, -0.15) is 0 Å². The summed E-state index contributed by atoms with van der Waals surface area (Å²) >= 11 is 0. The lowest BCUT2D eigenvalue weighted by atomic mass is 10.2. The zero-order valence-corrected chi connectivity index (χ0v) is 11.1. The van der Waals surface area contributed by atoms with Crippen LogP contribution >= 0.6 is 0 Å². The van der Waals surface area contributed by atoms with Crippen molar-refractivity contribution in [2.75, 3.05) is 0 Å². The Morgan fingerprint density at radius 1 is 1.15 bits per heavy atom. The Hall–Kier alpha value is -2.93. The summed E-state index contributed by atoms with van der Waals surface area (Å²) in [7, 11) is 0. The van der Waals surface area contributed by atoms with Gasteiger partial charge in [-0.3, -0.25) is 9.97 Å².